The van der Waals surface area contributed by atoms with E-state index in [2.05, 4.69) is 37.7 Å². The number of halogens is 3. The molecule has 2 heterocycles. The van der Waals surface area contributed by atoms with Crippen LogP contribution in [0.25, 0.3) is 10.9 Å². The first-order chi connectivity index (χ1) is 15.8. The zero-order valence-corrected chi connectivity index (χ0v) is 18.8. The standard InChI is InChI=1S/C23H31F3N6O/c1-2-9-27-16-4-6-18(7-5-16)32-12-17(13-32)31-21(33)11-28-22-19-10-15(23(24,25)26)3-8-20(19)29-14-30-22/h3,8,10,14,16-18,27H,2,4-7,9,11-13H2,1H3,(H,31,33)(H,28,29,30). The van der Waals surface area contributed by atoms with E-state index in [1.165, 1.54) is 38.1 Å². The summed E-state index contributed by atoms with van der Waals surface area (Å²) in [7, 11) is 0. The molecule has 1 saturated carbocycles. The fraction of sp³-hybridized carbons (Fsp3) is 0.609. The number of nitrogens with one attached hydrogen (secondary N) is 3. The Bertz CT molecular complexity index is 955. The van der Waals surface area contributed by atoms with E-state index in [9.17, 15) is 18.0 Å². The topological polar surface area (TPSA) is 82.2 Å². The lowest BCUT2D eigenvalue weighted by molar-refractivity contribution is -0.137. The summed E-state index contributed by atoms with van der Waals surface area (Å²) in [4.78, 5) is 22.9. The van der Waals surface area contributed by atoms with Crippen molar-refractivity contribution in [2.45, 2.75) is 63.3 Å². The average Bonchev–Trinajstić information content (AvgIpc) is 2.78. The van der Waals surface area contributed by atoms with Crippen molar-refractivity contribution in [2.24, 2.45) is 0 Å². The van der Waals surface area contributed by atoms with Crippen LogP contribution in [0.2, 0.25) is 0 Å². The molecule has 0 bridgehead atoms. The summed E-state index contributed by atoms with van der Waals surface area (Å²) in [6, 6.07) is 4.63. The van der Waals surface area contributed by atoms with Gasteiger partial charge in [0.1, 0.15) is 12.1 Å². The maximum Gasteiger partial charge on any atom is 0.416 e. The van der Waals surface area contributed by atoms with Crippen molar-refractivity contribution in [2.75, 3.05) is 31.5 Å². The molecule has 3 N–H and O–H groups in total. The molecule has 33 heavy (non-hydrogen) atoms. The van der Waals surface area contributed by atoms with Gasteiger partial charge in [-0.15, -0.1) is 0 Å². The van der Waals surface area contributed by atoms with Gasteiger partial charge in [0.05, 0.1) is 23.7 Å². The predicted octanol–water partition coefficient (Wildman–Crippen LogP) is 3.17. The minimum absolute atomic E-state index is 0.0624. The van der Waals surface area contributed by atoms with Gasteiger partial charge in [-0.25, -0.2) is 9.97 Å². The highest BCUT2D eigenvalue weighted by Crippen LogP contribution is 2.32. The Morgan fingerprint density at radius 1 is 1.12 bits per heavy atom. The van der Waals surface area contributed by atoms with Crippen molar-refractivity contribution < 1.29 is 18.0 Å². The summed E-state index contributed by atoms with van der Waals surface area (Å²) in [5.41, 5.74) is -0.391. The van der Waals surface area contributed by atoms with Crippen molar-refractivity contribution in [1.29, 1.82) is 0 Å². The number of aromatic nitrogens is 2. The molecule has 7 nitrogen and oxygen atoms in total. The summed E-state index contributed by atoms with van der Waals surface area (Å²) in [5, 5.41) is 9.70. The second kappa shape index (κ2) is 10.2. The normalized spacial score (nSPS) is 22.2. The highest BCUT2D eigenvalue weighted by molar-refractivity contribution is 5.91. The second-order valence-corrected chi connectivity index (χ2v) is 8.98. The molecule has 1 aliphatic heterocycles. The number of likely N-dealkylation sites (tertiary alicyclic amines) is 1. The average molecular weight is 465 g/mol. The van der Waals surface area contributed by atoms with Gasteiger partial charge >= 0.3 is 6.18 Å². The lowest BCUT2D eigenvalue weighted by Crippen LogP contribution is -2.63. The van der Waals surface area contributed by atoms with Crippen molar-refractivity contribution in [3.63, 3.8) is 0 Å². The van der Waals surface area contributed by atoms with Crippen LogP contribution in [-0.2, 0) is 11.0 Å². The van der Waals surface area contributed by atoms with Crippen molar-refractivity contribution >= 4 is 22.6 Å². The predicted molar refractivity (Wildman–Crippen MR) is 121 cm³/mol. The zero-order chi connectivity index (χ0) is 23.4. The molecule has 10 heteroatoms. The maximum atomic E-state index is 13.1. The molecular formula is C23H31F3N6O. The van der Waals surface area contributed by atoms with Crippen molar-refractivity contribution in [3.05, 3.63) is 30.1 Å². The van der Waals surface area contributed by atoms with E-state index in [0.717, 1.165) is 38.2 Å². The summed E-state index contributed by atoms with van der Waals surface area (Å²) < 4.78 is 39.2. The lowest BCUT2D eigenvalue weighted by atomic mass is 9.88. The van der Waals surface area contributed by atoms with Crippen LogP contribution in [0, 0.1) is 0 Å². The molecule has 4 rings (SSSR count). The van der Waals surface area contributed by atoms with Crippen molar-refractivity contribution in [1.82, 2.24) is 25.5 Å². The molecule has 1 saturated heterocycles. The van der Waals surface area contributed by atoms with Crippen LogP contribution in [-0.4, -0.2) is 65.1 Å². The molecule has 0 unspecified atom stereocenters. The van der Waals surface area contributed by atoms with E-state index in [4.69, 9.17) is 0 Å². The first-order valence-electron chi connectivity index (χ1n) is 11.7. The largest absolute Gasteiger partial charge is 0.416 e. The van der Waals surface area contributed by atoms with Crippen LogP contribution in [0.4, 0.5) is 19.0 Å². The number of carbonyl (C=O) groups is 1. The van der Waals surface area contributed by atoms with Gasteiger partial charge in [-0.1, -0.05) is 6.92 Å². The molecule has 1 aliphatic carbocycles. The number of alkyl halides is 3. The molecule has 2 aliphatic rings. The van der Waals surface area contributed by atoms with Crippen molar-refractivity contribution in [3.8, 4) is 0 Å². The van der Waals surface area contributed by atoms with Gasteiger partial charge in [0.15, 0.2) is 0 Å². The van der Waals surface area contributed by atoms with Crippen LogP contribution in [0.15, 0.2) is 24.5 Å². The molecule has 180 valence electrons. The van der Waals surface area contributed by atoms with Gasteiger partial charge in [-0.3, -0.25) is 9.69 Å². The third kappa shape index (κ3) is 5.92. The molecular weight excluding hydrogens is 433 g/mol. The van der Waals surface area contributed by atoms with Gasteiger partial charge < -0.3 is 16.0 Å². The maximum absolute atomic E-state index is 13.1. The molecule has 0 radical (unpaired) electrons. The second-order valence-electron chi connectivity index (χ2n) is 8.98. The van der Waals surface area contributed by atoms with Gasteiger partial charge in [-0.05, 0) is 56.8 Å². The molecule has 0 spiro atoms. The molecule has 0 atom stereocenters. The first kappa shape index (κ1) is 23.7. The Labute approximate surface area is 191 Å². The first-order valence-corrected chi connectivity index (χ1v) is 11.7. The molecule has 1 amide bonds. The van der Waals surface area contributed by atoms with Crippen LogP contribution in [0.5, 0.6) is 0 Å². The zero-order valence-electron chi connectivity index (χ0n) is 18.8. The Morgan fingerprint density at radius 3 is 2.58 bits per heavy atom. The third-order valence-electron chi connectivity index (χ3n) is 6.55. The monoisotopic (exact) mass is 464 g/mol. The van der Waals surface area contributed by atoms with E-state index in [1.54, 1.807) is 0 Å². The quantitative estimate of drug-likeness (QED) is 0.557. The van der Waals surface area contributed by atoms with E-state index in [0.29, 0.717) is 17.6 Å². The molecule has 2 fully saturated rings. The fourth-order valence-electron chi connectivity index (χ4n) is 4.71. The number of amides is 1. The Balaban J connectivity index is 1.23. The van der Waals surface area contributed by atoms with E-state index in [-0.39, 0.29) is 29.7 Å². The van der Waals surface area contributed by atoms with Crippen LogP contribution in [0.1, 0.15) is 44.6 Å². The van der Waals surface area contributed by atoms with Crippen LogP contribution in [0.3, 0.4) is 0 Å². The Morgan fingerprint density at radius 2 is 1.88 bits per heavy atom. The highest BCUT2D eigenvalue weighted by atomic mass is 19.4. The minimum Gasteiger partial charge on any atom is -0.360 e. The summed E-state index contributed by atoms with van der Waals surface area (Å²) in [6.07, 6.45) is 2.74. The minimum atomic E-state index is -4.46. The smallest absolute Gasteiger partial charge is 0.360 e. The summed E-state index contributed by atoms with van der Waals surface area (Å²) in [6.45, 7) is 4.88. The van der Waals surface area contributed by atoms with E-state index >= 15 is 0 Å². The summed E-state index contributed by atoms with van der Waals surface area (Å²) >= 11 is 0. The number of hydrogen-bond acceptors (Lipinski definition) is 6. The lowest BCUT2D eigenvalue weighted by Gasteiger charge is -2.46. The van der Waals surface area contributed by atoms with Crippen LogP contribution >= 0.6 is 0 Å². The number of nitrogens with zero attached hydrogens (tertiary/aromatic N) is 3. The molecule has 1 aromatic carbocycles. The van der Waals surface area contributed by atoms with Crippen LogP contribution < -0.4 is 16.0 Å². The number of benzene rings is 1. The SMILES string of the molecule is CCCNC1CCC(N2CC(NC(=O)CNc3ncnc4ccc(C(F)(F)F)cc34)C2)CC1. The van der Waals surface area contributed by atoms with Gasteiger partial charge in [-0.2, -0.15) is 13.2 Å². The Kier molecular flexibility index (Phi) is 7.33. The van der Waals surface area contributed by atoms with Gasteiger partial charge in [0.25, 0.3) is 0 Å². The van der Waals surface area contributed by atoms with Gasteiger partial charge in [0.2, 0.25) is 5.91 Å². The van der Waals surface area contributed by atoms with E-state index in [1.807, 2.05) is 0 Å². The number of carbonyl (C=O) groups excluding carboxylic acids is 1. The Hall–Kier alpha value is -2.46. The number of anilines is 1. The highest BCUT2D eigenvalue weighted by Gasteiger charge is 2.35. The number of fused-ring (bicyclic) bond motifs is 1. The van der Waals surface area contributed by atoms with E-state index < -0.39 is 11.7 Å². The fourth-order valence-corrected chi connectivity index (χ4v) is 4.71. The summed E-state index contributed by atoms with van der Waals surface area (Å²) in [5.74, 6) is 0.00999. The third-order valence-corrected chi connectivity index (χ3v) is 6.55. The van der Waals surface area contributed by atoms with Gasteiger partial charge in [0, 0.05) is 30.6 Å². The molecule has 2 aromatic rings. The number of rotatable bonds is 8. The molecule has 1 aromatic heterocycles. The number of hydrogen-bond donors (Lipinski definition) is 3.